The number of hydrogen-bond donors (Lipinski definition) is 0. The van der Waals surface area contributed by atoms with Crippen molar-refractivity contribution in [3.05, 3.63) is 31.9 Å². The average Bonchev–Trinajstić information content (AvgIpc) is 2.46. The molecule has 2 aromatic rings. The molecule has 0 unspecified atom stereocenters. The predicted octanol–water partition coefficient (Wildman–Crippen LogP) is 2.34. The molecule has 6 heteroatoms. The van der Waals surface area contributed by atoms with Gasteiger partial charge in [-0.2, -0.15) is 0 Å². The summed E-state index contributed by atoms with van der Waals surface area (Å²) < 4.78 is 5.84. The number of hydrogen-bond acceptors (Lipinski definition) is 4. The van der Waals surface area contributed by atoms with Gasteiger partial charge in [-0.3, -0.25) is 0 Å². The third kappa shape index (κ3) is 1.48. The van der Waals surface area contributed by atoms with Crippen LogP contribution in [-0.4, -0.2) is 9.91 Å². The van der Waals surface area contributed by atoms with Crippen LogP contribution in [0.2, 0.25) is 0 Å². The Balaban J connectivity index is 2.68. The highest BCUT2D eigenvalue weighted by molar-refractivity contribution is 14.1. The van der Waals surface area contributed by atoms with E-state index in [2.05, 4.69) is 27.6 Å². The minimum absolute atomic E-state index is 0.437. The van der Waals surface area contributed by atoms with E-state index in [-0.39, 0.29) is 0 Å². The van der Waals surface area contributed by atoms with Crippen LogP contribution >= 0.6 is 22.6 Å². The van der Waals surface area contributed by atoms with Crippen LogP contribution in [0.1, 0.15) is 0 Å². The van der Waals surface area contributed by atoms with Crippen LogP contribution in [0.15, 0.2) is 22.6 Å². The summed E-state index contributed by atoms with van der Waals surface area (Å²) in [4.78, 5) is 13.4. The summed E-state index contributed by atoms with van der Waals surface area (Å²) in [6.07, 6.45) is 0. The number of fused-ring (bicyclic) bond motifs is 1. The lowest BCUT2D eigenvalue weighted by Crippen LogP contribution is -1.85. The monoisotopic (exact) mass is 290 g/mol. The van der Waals surface area contributed by atoms with E-state index in [0.29, 0.717) is 11.1 Å². The molecule has 0 N–H and O–H groups in total. The van der Waals surface area contributed by atoms with Gasteiger partial charge in [0.2, 0.25) is 5.52 Å². The number of rotatable bonds is 1. The number of aromatic nitrogens is 1. The first-order valence-electron chi connectivity index (χ1n) is 3.37. The predicted molar refractivity (Wildman–Crippen MR) is 53.4 cm³/mol. The van der Waals surface area contributed by atoms with Crippen molar-refractivity contribution in [3.8, 4) is 0 Å². The van der Waals surface area contributed by atoms with Crippen LogP contribution in [0, 0.1) is 13.7 Å². The third-order valence-corrected chi connectivity index (χ3v) is 2.17. The van der Waals surface area contributed by atoms with Gasteiger partial charge in [-0.15, -0.1) is 0 Å². The van der Waals surface area contributed by atoms with E-state index in [1.807, 2.05) is 0 Å². The molecule has 0 saturated heterocycles. The lowest BCUT2D eigenvalue weighted by Gasteiger charge is -1.83. The van der Waals surface area contributed by atoms with Gasteiger partial charge in [-0.25, -0.2) is 0 Å². The van der Waals surface area contributed by atoms with Gasteiger partial charge in [0.15, 0.2) is 5.58 Å². The highest BCUT2D eigenvalue weighted by Crippen LogP contribution is 2.21. The van der Waals surface area contributed by atoms with Gasteiger partial charge in [-0.05, 0) is 34.7 Å². The molecule has 0 aliphatic heterocycles. The maximum absolute atomic E-state index is 10.3. The molecule has 1 aromatic heterocycles. The van der Waals surface area contributed by atoms with Gasteiger partial charge in [0.05, 0.1) is 0 Å². The van der Waals surface area contributed by atoms with Crippen molar-refractivity contribution in [1.82, 2.24) is 4.98 Å². The highest BCUT2D eigenvalue weighted by Gasteiger charge is 2.16. The minimum atomic E-state index is -0.646. The van der Waals surface area contributed by atoms with Crippen molar-refractivity contribution < 1.29 is 9.34 Å². The Bertz CT molecular complexity index is 480. The quantitative estimate of drug-likeness (QED) is 0.459. The molecule has 66 valence electrons. The second-order valence-corrected chi connectivity index (χ2v) is 3.61. The molecular formula is C7H3IN2O3. The zero-order valence-corrected chi connectivity index (χ0v) is 8.39. The Labute approximate surface area is 86.0 Å². The molecule has 0 bridgehead atoms. The lowest BCUT2D eigenvalue weighted by atomic mass is 10.3. The number of nitro groups is 1. The van der Waals surface area contributed by atoms with Gasteiger partial charge >= 0.3 is 6.01 Å². The SMILES string of the molecule is O=[N+]([O-])c1nc2cc(I)ccc2o1. The second-order valence-electron chi connectivity index (χ2n) is 2.37. The fourth-order valence-corrected chi connectivity index (χ4v) is 1.44. The van der Waals surface area contributed by atoms with Crippen molar-refractivity contribution in [2.24, 2.45) is 0 Å². The normalized spacial score (nSPS) is 10.5. The molecule has 0 atom stereocenters. The summed E-state index contributed by atoms with van der Waals surface area (Å²) in [5.41, 5.74) is 0.950. The van der Waals surface area contributed by atoms with E-state index in [0.717, 1.165) is 3.57 Å². The second kappa shape index (κ2) is 2.95. The molecule has 0 amide bonds. The van der Waals surface area contributed by atoms with Gasteiger partial charge in [-0.1, -0.05) is 0 Å². The van der Waals surface area contributed by atoms with Crippen LogP contribution in [0.25, 0.3) is 11.1 Å². The molecular weight excluding hydrogens is 287 g/mol. The van der Waals surface area contributed by atoms with Crippen LogP contribution in [0.3, 0.4) is 0 Å². The molecule has 1 heterocycles. The molecule has 0 radical (unpaired) electrons. The average molecular weight is 290 g/mol. The topological polar surface area (TPSA) is 69.2 Å². The number of halogens is 1. The molecule has 13 heavy (non-hydrogen) atoms. The first-order valence-corrected chi connectivity index (χ1v) is 4.45. The Morgan fingerprint density at radius 3 is 3.00 bits per heavy atom. The van der Waals surface area contributed by atoms with Crippen LogP contribution in [0.5, 0.6) is 0 Å². The summed E-state index contributed by atoms with van der Waals surface area (Å²) >= 11 is 2.10. The first-order chi connectivity index (χ1) is 6.16. The molecule has 0 aliphatic carbocycles. The van der Waals surface area contributed by atoms with Gasteiger partial charge in [0, 0.05) is 19.5 Å². The first kappa shape index (κ1) is 8.42. The van der Waals surface area contributed by atoms with Crippen molar-refractivity contribution in [1.29, 1.82) is 0 Å². The fourth-order valence-electron chi connectivity index (χ4n) is 0.967. The van der Waals surface area contributed by atoms with E-state index in [9.17, 15) is 10.1 Å². The van der Waals surface area contributed by atoms with Crippen molar-refractivity contribution >= 4 is 39.7 Å². The molecule has 2 rings (SSSR count). The number of nitrogens with zero attached hydrogens (tertiary/aromatic N) is 2. The molecule has 5 nitrogen and oxygen atoms in total. The number of oxazole rings is 1. The molecule has 0 saturated carbocycles. The van der Waals surface area contributed by atoms with Crippen LogP contribution in [0.4, 0.5) is 6.01 Å². The van der Waals surface area contributed by atoms with E-state index in [1.165, 1.54) is 0 Å². The molecule has 0 fully saturated rings. The van der Waals surface area contributed by atoms with Gasteiger partial charge in [0.1, 0.15) is 0 Å². The highest BCUT2D eigenvalue weighted by atomic mass is 127. The Hall–Kier alpha value is -1.18. The van der Waals surface area contributed by atoms with Crippen LogP contribution in [-0.2, 0) is 0 Å². The smallest absolute Gasteiger partial charge is 0.381 e. The molecule has 1 aromatic carbocycles. The van der Waals surface area contributed by atoms with E-state index in [4.69, 9.17) is 4.42 Å². The maximum atomic E-state index is 10.3. The molecule has 0 spiro atoms. The van der Waals surface area contributed by atoms with E-state index < -0.39 is 10.9 Å². The van der Waals surface area contributed by atoms with E-state index >= 15 is 0 Å². The molecule has 0 aliphatic rings. The van der Waals surface area contributed by atoms with Gasteiger partial charge < -0.3 is 14.5 Å². The van der Waals surface area contributed by atoms with Crippen LogP contribution < -0.4 is 0 Å². The summed E-state index contributed by atoms with van der Waals surface area (Å²) in [6.45, 7) is 0. The van der Waals surface area contributed by atoms with Gasteiger partial charge in [0.25, 0.3) is 0 Å². The third-order valence-electron chi connectivity index (χ3n) is 1.49. The summed E-state index contributed by atoms with van der Waals surface area (Å²) in [5.74, 6) is 0. The summed E-state index contributed by atoms with van der Waals surface area (Å²) in [5, 5.41) is 10.3. The summed E-state index contributed by atoms with van der Waals surface area (Å²) in [7, 11) is 0. The maximum Gasteiger partial charge on any atom is 0.546 e. The Morgan fingerprint density at radius 2 is 2.31 bits per heavy atom. The zero-order chi connectivity index (χ0) is 9.42. The summed E-state index contributed by atoms with van der Waals surface area (Å²) in [6, 6.07) is 4.73. The Kier molecular flexibility index (Phi) is 1.91. The van der Waals surface area contributed by atoms with E-state index in [1.54, 1.807) is 18.2 Å². The van der Waals surface area contributed by atoms with Crippen molar-refractivity contribution in [2.75, 3.05) is 0 Å². The largest absolute Gasteiger partial charge is 0.546 e. The van der Waals surface area contributed by atoms with Crippen molar-refractivity contribution in [3.63, 3.8) is 0 Å². The van der Waals surface area contributed by atoms with Crippen molar-refractivity contribution in [2.45, 2.75) is 0 Å². The minimum Gasteiger partial charge on any atom is -0.381 e. The fraction of sp³-hybridized carbons (Fsp3) is 0. The lowest BCUT2D eigenvalue weighted by molar-refractivity contribution is -0.406. The number of benzene rings is 1. The Morgan fingerprint density at radius 1 is 1.54 bits per heavy atom. The zero-order valence-electron chi connectivity index (χ0n) is 6.23. The standard InChI is InChI=1S/C7H3IN2O3/c8-4-1-2-6-5(3-4)9-7(13-6)10(11)12/h1-3H.